The lowest BCUT2D eigenvalue weighted by molar-refractivity contribution is 0.367. The number of methoxy groups -OCH3 is 1. The van der Waals surface area contributed by atoms with Crippen LogP contribution in [0.2, 0.25) is 0 Å². The van der Waals surface area contributed by atoms with Crippen molar-refractivity contribution in [3.05, 3.63) is 83.0 Å². The SMILES string of the molecule is COc1c(CNC(c2ccccc2)c2ccccc2)c(C)nn1C. The van der Waals surface area contributed by atoms with Gasteiger partial charge in [-0.2, -0.15) is 5.10 Å². The van der Waals surface area contributed by atoms with Gasteiger partial charge in [-0.05, 0) is 18.1 Å². The summed E-state index contributed by atoms with van der Waals surface area (Å²) in [6.07, 6.45) is 0. The molecule has 24 heavy (non-hydrogen) atoms. The summed E-state index contributed by atoms with van der Waals surface area (Å²) in [5.41, 5.74) is 4.56. The Morgan fingerprint density at radius 2 is 1.54 bits per heavy atom. The van der Waals surface area contributed by atoms with E-state index in [9.17, 15) is 0 Å². The summed E-state index contributed by atoms with van der Waals surface area (Å²) >= 11 is 0. The average Bonchev–Trinajstić information content (AvgIpc) is 2.90. The number of aromatic nitrogens is 2. The van der Waals surface area contributed by atoms with Gasteiger partial charge in [0.15, 0.2) is 0 Å². The molecule has 3 rings (SSSR count). The van der Waals surface area contributed by atoms with Gasteiger partial charge in [0, 0.05) is 13.6 Å². The van der Waals surface area contributed by atoms with Gasteiger partial charge in [-0.1, -0.05) is 60.7 Å². The summed E-state index contributed by atoms with van der Waals surface area (Å²) in [5.74, 6) is 0.805. The maximum Gasteiger partial charge on any atom is 0.216 e. The minimum absolute atomic E-state index is 0.122. The number of nitrogens with one attached hydrogen (secondary N) is 1. The lowest BCUT2D eigenvalue weighted by atomic mass is 9.98. The van der Waals surface area contributed by atoms with Crippen LogP contribution in [0.15, 0.2) is 60.7 Å². The highest BCUT2D eigenvalue weighted by atomic mass is 16.5. The highest BCUT2D eigenvalue weighted by molar-refractivity contribution is 5.34. The number of benzene rings is 2. The van der Waals surface area contributed by atoms with Gasteiger partial charge in [0.05, 0.1) is 24.4 Å². The first-order valence-electron chi connectivity index (χ1n) is 8.10. The van der Waals surface area contributed by atoms with Crippen LogP contribution in [0.3, 0.4) is 0 Å². The molecule has 4 nitrogen and oxygen atoms in total. The van der Waals surface area contributed by atoms with Gasteiger partial charge in [-0.25, -0.2) is 4.68 Å². The normalized spacial score (nSPS) is 11.0. The van der Waals surface area contributed by atoms with Gasteiger partial charge < -0.3 is 10.1 Å². The van der Waals surface area contributed by atoms with Crippen molar-refractivity contribution in [3.8, 4) is 5.88 Å². The van der Waals surface area contributed by atoms with Crippen LogP contribution in [-0.4, -0.2) is 16.9 Å². The molecule has 1 aromatic heterocycles. The Balaban J connectivity index is 1.89. The van der Waals surface area contributed by atoms with Crippen molar-refractivity contribution in [1.29, 1.82) is 0 Å². The van der Waals surface area contributed by atoms with Crippen LogP contribution in [0.4, 0.5) is 0 Å². The molecule has 0 fully saturated rings. The Labute approximate surface area is 143 Å². The molecular weight excluding hydrogens is 298 g/mol. The first kappa shape index (κ1) is 16.3. The predicted molar refractivity (Wildman–Crippen MR) is 96.1 cm³/mol. The smallest absolute Gasteiger partial charge is 0.216 e. The van der Waals surface area contributed by atoms with Crippen LogP contribution in [0.25, 0.3) is 0 Å². The molecule has 0 saturated carbocycles. The van der Waals surface area contributed by atoms with E-state index in [1.807, 2.05) is 26.1 Å². The summed E-state index contributed by atoms with van der Waals surface area (Å²) in [6, 6.07) is 21.1. The van der Waals surface area contributed by atoms with E-state index in [0.29, 0.717) is 6.54 Å². The quantitative estimate of drug-likeness (QED) is 0.754. The summed E-state index contributed by atoms with van der Waals surface area (Å²) in [6.45, 7) is 2.71. The summed E-state index contributed by atoms with van der Waals surface area (Å²) < 4.78 is 7.29. The summed E-state index contributed by atoms with van der Waals surface area (Å²) in [4.78, 5) is 0. The third-order valence-corrected chi connectivity index (χ3v) is 4.23. The fourth-order valence-electron chi connectivity index (χ4n) is 3.06. The first-order valence-corrected chi connectivity index (χ1v) is 8.10. The number of rotatable bonds is 6. The van der Waals surface area contributed by atoms with E-state index >= 15 is 0 Å². The molecule has 0 aliphatic heterocycles. The van der Waals surface area contributed by atoms with Crippen LogP contribution in [-0.2, 0) is 13.6 Å². The molecule has 0 atom stereocenters. The Hall–Kier alpha value is -2.59. The second-order valence-corrected chi connectivity index (χ2v) is 5.83. The Morgan fingerprint density at radius 1 is 1.00 bits per heavy atom. The molecular formula is C20H23N3O. The highest BCUT2D eigenvalue weighted by Gasteiger charge is 2.18. The number of ether oxygens (including phenoxy) is 1. The minimum atomic E-state index is 0.122. The molecule has 0 unspecified atom stereocenters. The van der Waals surface area contributed by atoms with E-state index in [0.717, 1.165) is 17.1 Å². The fraction of sp³-hybridized carbons (Fsp3) is 0.250. The Bertz CT molecular complexity index is 742. The molecule has 1 heterocycles. The highest BCUT2D eigenvalue weighted by Crippen LogP contribution is 2.25. The third kappa shape index (κ3) is 3.34. The van der Waals surface area contributed by atoms with Crippen molar-refractivity contribution >= 4 is 0 Å². The van der Waals surface area contributed by atoms with E-state index in [2.05, 4.69) is 58.9 Å². The number of aryl methyl sites for hydroxylation is 2. The molecule has 2 aromatic carbocycles. The van der Waals surface area contributed by atoms with Crippen molar-refractivity contribution in [2.75, 3.05) is 7.11 Å². The van der Waals surface area contributed by atoms with Gasteiger partial charge in [0.2, 0.25) is 5.88 Å². The molecule has 3 aromatic rings. The van der Waals surface area contributed by atoms with Crippen LogP contribution >= 0.6 is 0 Å². The average molecular weight is 321 g/mol. The molecule has 0 radical (unpaired) electrons. The van der Waals surface area contributed by atoms with E-state index < -0.39 is 0 Å². The van der Waals surface area contributed by atoms with Gasteiger partial charge in [-0.15, -0.1) is 0 Å². The molecule has 1 N–H and O–H groups in total. The van der Waals surface area contributed by atoms with E-state index in [4.69, 9.17) is 4.74 Å². The third-order valence-electron chi connectivity index (χ3n) is 4.23. The van der Waals surface area contributed by atoms with Crippen LogP contribution in [0, 0.1) is 6.92 Å². The second kappa shape index (κ2) is 7.32. The van der Waals surface area contributed by atoms with Crippen molar-refractivity contribution < 1.29 is 4.74 Å². The number of hydrogen-bond donors (Lipinski definition) is 1. The topological polar surface area (TPSA) is 39.1 Å². The molecule has 0 bridgehead atoms. The number of hydrogen-bond acceptors (Lipinski definition) is 3. The maximum absolute atomic E-state index is 5.50. The molecule has 4 heteroatoms. The zero-order valence-electron chi connectivity index (χ0n) is 14.4. The van der Waals surface area contributed by atoms with Crippen molar-refractivity contribution in [3.63, 3.8) is 0 Å². The molecule has 0 aliphatic carbocycles. The van der Waals surface area contributed by atoms with E-state index in [1.165, 1.54) is 11.1 Å². The zero-order valence-corrected chi connectivity index (χ0v) is 14.4. The fourth-order valence-corrected chi connectivity index (χ4v) is 3.06. The molecule has 124 valence electrons. The van der Waals surface area contributed by atoms with Crippen LogP contribution in [0.5, 0.6) is 5.88 Å². The van der Waals surface area contributed by atoms with Crippen LogP contribution in [0.1, 0.15) is 28.4 Å². The lowest BCUT2D eigenvalue weighted by Gasteiger charge is -2.20. The summed E-state index contributed by atoms with van der Waals surface area (Å²) in [5, 5.41) is 8.12. The van der Waals surface area contributed by atoms with Gasteiger partial charge in [-0.3, -0.25) is 0 Å². The maximum atomic E-state index is 5.50. The largest absolute Gasteiger partial charge is 0.481 e. The van der Waals surface area contributed by atoms with E-state index in [1.54, 1.807) is 11.8 Å². The van der Waals surface area contributed by atoms with Gasteiger partial charge >= 0.3 is 0 Å². The van der Waals surface area contributed by atoms with Crippen molar-refractivity contribution in [2.45, 2.75) is 19.5 Å². The molecule has 0 spiro atoms. The zero-order chi connectivity index (χ0) is 16.9. The summed E-state index contributed by atoms with van der Waals surface area (Å²) in [7, 11) is 3.59. The number of nitrogens with zero attached hydrogens (tertiary/aromatic N) is 2. The van der Waals surface area contributed by atoms with Crippen molar-refractivity contribution in [2.24, 2.45) is 7.05 Å². The minimum Gasteiger partial charge on any atom is -0.481 e. The van der Waals surface area contributed by atoms with Crippen molar-refractivity contribution in [1.82, 2.24) is 15.1 Å². The van der Waals surface area contributed by atoms with Gasteiger partial charge in [0.25, 0.3) is 0 Å². The molecule has 0 aliphatic rings. The first-order chi connectivity index (χ1) is 11.7. The molecule has 0 saturated heterocycles. The Kier molecular flexibility index (Phi) is 4.96. The molecule has 0 amide bonds. The Morgan fingerprint density at radius 3 is 2.04 bits per heavy atom. The van der Waals surface area contributed by atoms with E-state index in [-0.39, 0.29) is 6.04 Å². The standard InChI is InChI=1S/C20H23N3O/c1-15-18(20(24-3)23(2)22-15)14-21-19(16-10-6-4-7-11-16)17-12-8-5-9-13-17/h4-13,19,21H,14H2,1-3H3. The second-order valence-electron chi connectivity index (χ2n) is 5.83. The monoisotopic (exact) mass is 321 g/mol. The predicted octanol–water partition coefficient (Wildman–Crippen LogP) is 3.62. The van der Waals surface area contributed by atoms with Crippen LogP contribution < -0.4 is 10.1 Å². The lowest BCUT2D eigenvalue weighted by Crippen LogP contribution is -2.22. The van der Waals surface area contributed by atoms with Gasteiger partial charge in [0.1, 0.15) is 0 Å².